The average Bonchev–Trinajstić information content (AvgIpc) is 2.90. The van der Waals surface area contributed by atoms with Gasteiger partial charge in [0.2, 0.25) is 0 Å². The lowest BCUT2D eigenvalue weighted by molar-refractivity contribution is 0.489. The second kappa shape index (κ2) is 10.4. The summed E-state index contributed by atoms with van der Waals surface area (Å²) in [6, 6.07) is 35.7. The predicted octanol–water partition coefficient (Wildman–Crippen LogP) is 11.3. The van der Waals surface area contributed by atoms with E-state index >= 15 is 0 Å². The number of rotatable bonds is 5. The second-order valence-corrected chi connectivity index (χ2v) is 12.6. The van der Waals surface area contributed by atoms with Crippen molar-refractivity contribution in [3.8, 4) is 22.6 Å². The summed E-state index contributed by atoms with van der Waals surface area (Å²) in [6.45, 7) is 13.3. The number of nitrogens with one attached hydrogen (secondary N) is 1. The highest BCUT2D eigenvalue weighted by atomic mass is 35.5. The van der Waals surface area contributed by atoms with E-state index in [1.807, 2.05) is 30.3 Å². The number of halogens is 1. The van der Waals surface area contributed by atoms with Crippen LogP contribution in [-0.4, -0.2) is 0 Å². The third kappa shape index (κ3) is 5.97. The fraction of sp³-hybridized carbons (Fsp3) is 0.222. The first-order chi connectivity index (χ1) is 18.5. The maximum atomic E-state index is 7.02. The summed E-state index contributed by atoms with van der Waals surface area (Å²) in [5, 5.41) is 6.26. The van der Waals surface area contributed by atoms with Gasteiger partial charge in [-0.05, 0) is 68.8 Å². The lowest BCUT2D eigenvalue weighted by Gasteiger charge is -2.21. The lowest BCUT2D eigenvalue weighted by atomic mass is 9.86. The Morgan fingerprint density at radius 2 is 1.18 bits per heavy atom. The predicted molar refractivity (Wildman–Crippen MR) is 168 cm³/mol. The van der Waals surface area contributed by atoms with E-state index in [-0.39, 0.29) is 10.8 Å². The minimum atomic E-state index is 0.0904. The maximum absolute atomic E-state index is 7.02. The highest BCUT2D eigenvalue weighted by Gasteiger charge is 2.17. The van der Waals surface area contributed by atoms with Gasteiger partial charge >= 0.3 is 0 Å². The van der Waals surface area contributed by atoms with Crippen LogP contribution >= 0.6 is 11.6 Å². The van der Waals surface area contributed by atoms with Crippen molar-refractivity contribution in [3.05, 3.63) is 119 Å². The van der Waals surface area contributed by atoms with Crippen LogP contribution in [0.1, 0.15) is 52.7 Å². The molecular weight excluding hydrogens is 498 g/mol. The number of hydrogen-bond acceptors (Lipinski definition) is 2. The Morgan fingerprint density at radius 3 is 1.82 bits per heavy atom. The van der Waals surface area contributed by atoms with Crippen molar-refractivity contribution >= 4 is 33.7 Å². The summed E-state index contributed by atoms with van der Waals surface area (Å²) in [6.07, 6.45) is 0. The summed E-state index contributed by atoms with van der Waals surface area (Å²) >= 11 is 7.02. The third-order valence-electron chi connectivity index (χ3n) is 7.12. The van der Waals surface area contributed by atoms with Crippen molar-refractivity contribution in [3.63, 3.8) is 0 Å². The van der Waals surface area contributed by atoms with Gasteiger partial charge in [-0.3, -0.25) is 0 Å². The summed E-state index contributed by atoms with van der Waals surface area (Å²) in [5.74, 6) is 1.38. The zero-order chi connectivity index (χ0) is 27.8. The van der Waals surface area contributed by atoms with Gasteiger partial charge < -0.3 is 10.1 Å². The van der Waals surface area contributed by atoms with E-state index in [2.05, 4.69) is 120 Å². The van der Waals surface area contributed by atoms with Crippen LogP contribution in [0.15, 0.2) is 103 Å². The molecule has 0 saturated heterocycles. The SMILES string of the molecule is CC(C)(C)c1ccc(Nc2cc(-c3ccc(C(C)(C)C)cc3)cc(Oc3cccc4ccccc34)c2Cl)cc1. The lowest BCUT2D eigenvalue weighted by Crippen LogP contribution is -2.10. The molecule has 0 bridgehead atoms. The minimum absolute atomic E-state index is 0.0904. The molecule has 0 aliphatic heterocycles. The molecule has 5 rings (SSSR count). The van der Waals surface area contributed by atoms with Crippen molar-refractivity contribution in [1.82, 2.24) is 0 Å². The van der Waals surface area contributed by atoms with Crippen LogP contribution in [0, 0.1) is 0 Å². The largest absolute Gasteiger partial charge is 0.455 e. The number of fused-ring (bicyclic) bond motifs is 1. The maximum Gasteiger partial charge on any atom is 0.148 e. The highest BCUT2D eigenvalue weighted by molar-refractivity contribution is 6.35. The first-order valence-electron chi connectivity index (χ1n) is 13.5. The molecule has 0 amide bonds. The van der Waals surface area contributed by atoms with Crippen LogP contribution in [0.25, 0.3) is 21.9 Å². The smallest absolute Gasteiger partial charge is 0.148 e. The van der Waals surface area contributed by atoms with Crippen molar-refractivity contribution in [2.45, 2.75) is 52.4 Å². The number of anilines is 2. The minimum Gasteiger partial charge on any atom is -0.455 e. The first kappa shape index (κ1) is 26.8. The van der Waals surface area contributed by atoms with Gasteiger partial charge in [0.15, 0.2) is 0 Å². The molecule has 0 heterocycles. The number of benzene rings is 5. The molecule has 0 saturated carbocycles. The Balaban J connectivity index is 1.58. The van der Waals surface area contributed by atoms with Crippen molar-refractivity contribution in [1.29, 1.82) is 0 Å². The zero-order valence-electron chi connectivity index (χ0n) is 23.6. The second-order valence-electron chi connectivity index (χ2n) is 12.2. The van der Waals surface area contributed by atoms with Gasteiger partial charge in [-0.25, -0.2) is 0 Å². The Labute approximate surface area is 237 Å². The summed E-state index contributed by atoms with van der Waals surface area (Å²) in [7, 11) is 0. The number of hydrogen-bond donors (Lipinski definition) is 1. The molecular formula is C36H36ClNO. The first-order valence-corrected chi connectivity index (χ1v) is 13.8. The molecule has 0 spiro atoms. The van der Waals surface area contributed by atoms with Crippen molar-refractivity contribution in [2.24, 2.45) is 0 Å². The molecule has 39 heavy (non-hydrogen) atoms. The third-order valence-corrected chi connectivity index (χ3v) is 7.51. The molecule has 5 aromatic carbocycles. The fourth-order valence-electron chi connectivity index (χ4n) is 4.70. The van der Waals surface area contributed by atoms with E-state index < -0.39 is 0 Å². The van der Waals surface area contributed by atoms with E-state index in [9.17, 15) is 0 Å². The number of ether oxygens (including phenoxy) is 1. The van der Waals surface area contributed by atoms with Crippen LogP contribution in [0.4, 0.5) is 11.4 Å². The Hall–Kier alpha value is -3.75. The van der Waals surface area contributed by atoms with Gasteiger partial charge in [0.1, 0.15) is 16.5 Å². The van der Waals surface area contributed by atoms with Crippen LogP contribution in [0.2, 0.25) is 5.02 Å². The quantitative estimate of drug-likeness (QED) is 0.242. The molecule has 3 heteroatoms. The summed E-state index contributed by atoms with van der Waals surface area (Å²) in [4.78, 5) is 0. The fourth-order valence-corrected chi connectivity index (χ4v) is 4.90. The molecule has 0 aliphatic carbocycles. The van der Waals surface area contributed by atoms with Crippen LogP contribution in [0.5, 0.6) is 11.5 Å². The van der Waals surface area contributed by atoms with Crippen molar-refractivity contribution < 1.29 is 4.74 Å². The summed E-state index contributed by atoms with van der Waals surface area (Å²) in [5.41, 5.74) is 6.67. The van der Waals surface area contributed by atoms with Gasteiger partial charge in [-0.2, -0.15) is 0 Å². The van der Waals surface area contributed by atoms with Crippen molar-refractivity contribution in [2.75, 3.05) is 5.32 Å². The molecule has 0 aliphatic rings. The standard InChI is InChI=1S/C36H36ClNO/c1-35(2,3)27-16-14-24(15-17-27)26-22-31(38-29-20-18-28(19-21-29)36(4,5)6)34(37)33(23-26)39-32-13-9-11-25-10-7-8-12-30(25)32/h7-23,38H,1-6H3. The normalized spacial score (nSPS) is 12.0. The molecule has 198 valence electrons. The van der Waals surface area contributed by atoms with E-state index in [0.717, 1.165) is 39.0 Å². The molecule has 0 unspecified atom stereocenters. The topological polar surface area (TPSA) is 21.3 Å². The van der Waals surface area contributed by atoms with E-state index in [4.69, 9.17) is 16.3 Å². The van der Waals surface area contributed by atoms with E-state index in [0.29, 0.717) is 10.8 Å². The van der Waals surface area contributed by atoms with Gasteiger partial charge in [-0.15, -0.1) is 0 Å². The van der Waals surface area contributed by atoms with Gasteiger partial charge in [0.25, 0.3) is 0 Å². The Kier molecular flexibility index (Phi) is 7.18. The van der Waals surface area contributed by atoms with Crippen LogP contribution in [0.3, 0.4) is 0 Å². The van der Waals surface area contributed by atoms with Crippen LogP contribution in [-0.2, 0) is 10.8 Å². The Bertz CT molecular complexity index is 1600. The van der Waals surface area contributed by atoms with Gasteiger partial charge in [0.05, 0.1) is 5.69 Å². The Morgan fingerprint density at radius 1 is 0.590 bits per heavy atom. The van der Waals surface area contributed by atoms with Gasteiger partial charge in [-0.1, -0.05) is 126 Å². The monoisotopic (exact) mass is 533 g/mol. The van der Waals surface area contributed by atoms with Gasteiger partial charge in [0, 0.05) is 11.1 Å². The highest BCUT2D eigenvalue weighted by Crippen LogP contribution is 2.42. The molecule has 0 aromatic heterocycles. The molecule has 2 nitrogen and oxygen atoms in total. The van der Waals surface area contributed by atoms with Crippen LogP contribution < -0.4 is 10.1 Å². The molecule has 0 atom stereocenters. The average molecular weight is 534 g/mol. The molecule has 1 N–H and O–H groups in total. The van der Waals surface area contributed by atoms with E-state index in [1.54, 1.807) is 0 Å². The molecule has 5 aromatic rings. The van der Waals surface area contributed by atoms with E-state index in [1.165, 1.54) is 11.1 Å². The molecule has 0 fully saturated rings. The molecule has 0 radical (unpaired) electrons. The zero-order valence-corrected chi connectivity index (χ0v) is 24.4. The summed E-state index contributed by atoms with van der Waals surface area (Å²) < 4.78 is 6.53.